The van der Waals surface area contributed by atoms with Gasteiger partial charge in [0.05, 0.1) is 12.6 Å². The Balaban J connectivity index is 2.03. The monoisotopic (exact) mass is 335 g/mol. The Morgan fingerprint density at radius 2 is 1.83 bits per heavy atom. The summed E-state index contributed by atoms with van der Waals surface area (Å²) in [5.74, 6) is 0.927. The summed E-state index contributed by atoms with van der Waals surface area (Å²) in [6, 6.07) is 4.35. The molecule has 1 atom stereocenters. The van der Waals surface area contributed by atoms with Gasteiger partial charge in [0.25, 0.3) is 0 Å². The van der Waals surface area contributed by atoms with E-state index >= 15 is 0 Å². The molecule has 0 fully saturated rings. The van der Waals surface area contributed by atoms with Gasteiger partial charge in [0.1, 0.15) is 12.5 Å². The molecular formula is C17H25NO4Si. The van der Waals surface area contributed by atoms with E-state index in [1.165, 1.54) is 12.5 Å². The quantitative estimate of drug-likeness (QED) is 0.659. The second-order valence-corrected chi connectivity index (χ2v) is 12.0. The Morgan fingerprint density at radius 3 is 2.43 bits per heavy atom. The number of carbonyl (C=O) groups is 1. The molecule has 0 amide bonds. The lowest BCUT2D eigenvalue weighted by atomic mass is 10.0. The van der Waals surface area contributed by atoms with E-state index in [0.717, 1.165) is 0 Å². The summed E-state index contributed by atoms with van der Waals surface area (Å²) >= 11 is 0. The van der Waals surface area contributed by atoms with E-state index in [9.17, 15) is 4.79 Å². The van der Waals surface area contributed by atoms with E-state index in [1.54, 1.807) is 18.2 Å². The molecule has 1 aromatic carbocycles. The first-order valence-electron chi connectivity index (χ1n) is 7.68. The molecule has 0 saturated carbocycles. The standard InChI is InChI=1S/C17H25NO4Si/c1-17(2,3)23(4,5)22-11-13(18)16(19)12-6-7-14-15(10-12)21-9-8-20-14/h6-10,13H,11,18H2,1-5H3/t13-/m1/s1. The van der Waals surface area contributed by atoms with Crippen LogP contribution < -0.4 is 15.2 Å². The van der Waals surface area contributed by atoms with Gasteiger partial charge in [-0.2, -0.15) is 0 Å². The van der Waals surface area contributed by atoms with Crippen LogP contribution in [0.1, 0.15) is 31.1 Å². The molecule has 0 aliphatic carbocycles. The number of ether oxygens (including phenoxy) is 2. The highest BCUT2D eigenvalue weighted by Crippen LogP contribution is 2.36. The first-order chi connectivity index (χ1) is 10.6. The summed E-state index contributed by atoms with van der Waals surface area (Å²) in [5, 5.41) is 0.0824. The van der Waals surface area contributed by atoms with Crippen LogP contribution in [0.3, 0.4) is 0 Å². The molecule has 0 unspecified atom stereocenters. The zero-order chi connectivity index (χ0) is 17.3. The van der Waals surface area contributed by atoms with Crippen LogP contribution in [0.5, 0.6) is 11.5 Å². The minimum atomic E-state index is -1.92. The Kier molecular flexibility index (Phi) is 4.98. The molecule has 126 valence electrons. The maximum absolute atomic E-state index is 12.5. The van der Waals surface area contributed by atoms with Crippen molar-refractivity contribution in [2.45, 2.75) is 44.9 Å². The molecule has 0 spiro atoms. The molecule has 0 aromatic heterocycles. The highest BCUT2D eigenvalue weighted by Gasteiger charge is 2.37. The number of nitrogens with two attached hydrogens (primary N) is 1. The van der Waals surface area contributed by atoms with Gasteiger partial charge >= 0.3 is 0 Å². The predicted molar refractivity (Wildman–Crippen MR) is 92.3 cm³/mol. The van der Waals surface area contributed by atoms with E-state index in [4.69, 9.17) is 19.6 Å². The van der Waals surface area contributed by atoms with Gasteiger partial charge in [-0.3, -0.25) is 4.79 Å². The lowest BCUT2D eigenvalue weighted by Gasteiger charge is -2.36. The van der Waals surface area contributed by atoms with Crippen LogP contribution in [0.2, 0.25) is 18.1 Å². The first-order valence-corrected chi connectivity index (χ1v) is 10.6. The molecule has 2 rings (SSSR count). The Bertz CT molecular complexity index is 620. The molecule has 0 bridgehead atoms. The fraction of sp³-hybridized carbons (Fsp3) is 0.471. The Hall–Kier alpha value is -1.63. The smallest absolute Gasteiger partial charge is 0.192 e. The van der Waals surface area contributed by atoms with Crippen molar-refractivity contribution >= 4 is 14.1 Å². The van der Waals surface area contributed by atoms with Crippen molar-refractivity contribution in [3.05, 3.63) is 36.3 Å². The third-order valence-corrected chi connectivity index (χ3v) is 8.94. The fourth-order valence-electron chi connectivity index (χ4n) is 1.86. The third-order valence-electron chi connectivity index (χ3n) is 4.44. The molecular weight excluding hydrogens is 310 g/mol. The van der Waals surface area contributed by atoms with Crippen LogP contribution in [0.15, 0.2) is 30.7 Å². The van der Waals surface area contributed by atoms with Crippen molar-refractivity contribution in [2.24, 2.45) is 5.73 Å². The maximum atomic E-state index is 12.5. The molecule has 0 radical (unpaired) electrons. The van der Waals surface area contributed by atoms with Gasteiger partial charge < -0.3 is 19.6 Å². The molecule has 2 N–H and O–H groups in total. The van der Waals surface area contributed by atoms with Gasteiger partial charge in [-0.1, -0.05) is 20.8 Å². The van der Waals surface area contributed by atoms with Crippen molar-refractivity contribution in [3.63, 3.8) is 0 Å². The minimum Gasteiger partial charge on any atom is -0.458 e. The van der Waals surface area contributed by atoms with Crippen molar-refractivity contribution < 1.29 is 18.7 Å². The van der Waals surface area contributed by atoms with Gasteiger partial charge in [0, 0.05) is 5.56 Å². The molecule has 1 aromatic rings. The zero-order valence-electron chi connectivity index (χ0n) is 14.4. The van der Waals surface area contributed by atoms with Crippen LogP contribution in [0.25, 0.3) is 0 Å². The largest absolute Gasteiger partial charge is 0.458 e. The van der Waals surface area contributed by atoms with Crippen LogP contribution in [-0.4, -0.2) is 26.7 Å². The molecule has 5 nitrogen and oxygen atoms in total. The van der Waals surface area contributed by atoms with Crippen LogP contribution in [0, 0.1) is 0 Å². The number of rotatable bonds is 5. The number of fused-ring (bicyclic) bond motifs is 1. The number of hydrogen-bond acceptors (Lipinski definition) is 5. The topological polar surface area (TPSA) is 70.8 Å². The van der Waals surface area contributed by atoms with Gasteiger partial charge in [-0.25, -0.2) is 0 Å². The van der Waals surface area contributed by atoms with Gasteiger partial charge in [0.15, 0.2) is 25.6 Å². The lowest BCUT2D eigenvalue weighted by Crippen LogP contribution is -2.46. The number of ketones is 1. The normalized spacial score (nSPS) is 15.4. The zero-order valence-corrected chi connectivity index (χ0v) is 15.4. The number of Topliss-reactive ketones (excluding diaryl/α,β-unsaturated/α-hetero) is 1. The number of hydrogen-bond donors (Lipinski definition) is 1. The SMILES string of the molecule is CC(C)(C)[Si](C)(C)OC[C@@H](N)C(=O)c1ccc2c(c1)OC=CO2. The van der Waals surface area contributed by atoms with Crippen molar-refractivity contribution in [3.8, 4) is 11.5 Å². The third kappa shape index (κ3) is 4.02. The van der Waals surface area contributed by atoms with Crippen molar-refractivity contribution in [2.75, 3.05) is 6.61 Å². The Morgan fingerprint density at radius 1 is 1.22 bits per heavy atom. The summed E-state index contributed by atoms with van der Waals surface area (Å²) in [5.41, 5.74) is 6.53. The summed E-state index contributed by atoms with van der Waals surface area (Å²) < 4.78 is 16.6. The fourth-order valence-corrected chi connectivity index (χ4v) is 2.89. The average molecular weight is 335 g/mol. The second-order valence-electron chi connectivity index (χ2n) is 7.21. The van der Waals surface area contributed by atoms with Crippen LogP contribution in [0.4, 0.5) is 0 Å². The highest BCUT2D eigenvalue weighted by molar-refractivity contribution is 6.74. The number of benzene rings is 1. The molecule has 23 heavy (non-hydrogen) atoms. The summed E-state index contributed by atoms with van der Waals surface area (Å²) in [6.07, 6.45) is 2.87. The van der Waals surface area contributed by atoms with E-state index in [-0.39, 0.29) is 17.4 Å². The van der Waals surface area contributed by atoms with Gasteiger partial charge in [0.2, 0.25) is 0 Å². The maximum Gasteiger partial charge on any atom is 0.192 e. The molecule has 1 aliphatic rings. The van der Waals surface area contributed by atoms with E-state index in [0.29, 0.717) is 17.1 Å². The van der Waals surface area contributed by atoms with E-state index < -0.39 is 14.4 Å². The first kappa shape index (κ1) is 17.7. The molecule has 0 saturated heterocycles. The Labute approximate surface area is 138 Å². The van der Waals surface area contributed by atoms with E-state index in [2.05, 4.69) is 33.9 Å². The minimum absolute atomic E-state index is 0.0824. The van der Waals surface area contributed by atoms with Crippen molar-refractivity contribution in [1.29, 1.82) is 0 Å². The van der Waals surface area contributed by atoms with Gasteiger partial charge in [-0.15, -0.1) is 0 Å². The second kappa shape index (κ2) is 6.47. The van der Waals surface area contributed by atoms with Crippen LogP contribution >= 0.6 is 0 Å². The van der Waals surface area contributed by atoms with E-state index in [1.807, 2.05) is 0 Å². The molecule has 1 aliphatic heterocycles. The summed E-state index contributed by atoms with van der Waals surface area (Å²) in [4.78, 5) is 12.5. The van der Waals surface area contributed by atoms with Gasteiger partial charge in [-0.05, 0) is 36.3 Å². The van der Waals surface area contributed by atoms with Crippen LogP contribution in [-0.2, 0) is 4.43 Å². The average Bonchev–Trinajstić information content (AvgIpc) is 2.50. The van der Waals surface area contributed by atoms with Crippen molar-refractivity contribution in [1.82, 2.24) is 0 Å². The lowest BCUT2D eigenvalue weighted by molar-refractivity contribution is 0.0928. The number of carbonyl (C=O) groups excluding carboxylic acids is 1. The summed E-state index contributed by atoms with van der Waals surface area (Å²) in [6.45, 7) is 11.0. The summed E-state index contributed by atoms with van der Waals surface area (Å²) in [7, 11) is -1.92. The predicted octanol–water partition coefficient (Wildman–Crippen LogP) is 3.46. The molecule has 1 heterocycles. The molecule has 6 heteroatoms. The highest BCUT2D eigenvalue weighted by atomic mass is 28.4.